The zero-order valence-corrected chi connectivity index (χ0v) is 14.3. The van der Waals surface area contributed by atoms with Crippen LogP contribution in [0.3, 0.4) is 0 Å². The summed E-state index contributed by atoms with van der Waals surface area (Å²) in [4.78, 5) is 4.88. The Labute approximate surface area is 146 Å². The van der Waals surface area contributed by atoms with Gasteiger partial charge in [-0.1, -0.05) is 48.0 Å². The van der Waals surface area contributed by atoms with Crippen LogP contribution >= 0.6 is 0 Å². The van der Waals surface area contributed by atoms with E-state index in [9.17, 15) is 4.39 Å². The van der Waals surface area contributed by atoms with Crippen molar-refractivity contribution in [3.8, 4) is 22.4 Å². The van der Waals surface area contributed by atoms with E-state index in [0.717, 1.165) is 33.3 Å². The van der Waals surface area contributed by atoms with Crippen molar-refractivity contribution in [1.29, 1.82) is 0 Å². The van der Waals surface area contributed by atoms with E-state index >= 15 is 0 Å². The topological polar surface area (TPSA) is 12.9 Å². The maximum Gasteiger partial charge on any atom is 0.123 e. The summed E-state index contributed by atoms with van der Waals surface area (Å²) in [6.45, 7) is 4.19. The summed E-state index contributed by atoms with van der Waals surface area (Å²) < 4.78 is 13.3. The van der Waals surface area contributed by atoms with Crippen molar-refractivity contribution in [3.05, 3.63) is 89.7 Å². The first-order chi connectivity index (χ1) is 12.1. The van der Waals surface area contributed by atoms with Crippen LogP contribution in [-0.4, -0.2) is 4.98 Å². The summed E-state index contributed by atoms with van der Waals surface area (Å²) in [6.07, 6.45) is 0. The summed E-state index contributed by atoms with van der Waals surface area (Å²) >= 11 is 0. The summed E-state index contributed by atoms with van der Waals surface area (Å²) in [7, 11) is 0. The Balaban J connectivity index is 2.01. The van der Waals surface area contributed by atoms with Gasteiger partial charge in [-0.15, -0.1) is 0 Å². The Morgan fingerprint density at radius 2 is 1.52 bits per heavy atom. The van der Waals surface area contributed by atoms with E-state index in [1.807, 2.05) is 30.3 Å². The predicted molar refractivity (Wildman–Crippen MR) is 102 cm³/mol. The van der Waals surface area contributed by atoms with Crippen molar-refractivity contribution in [1.82, 2.24) is 4.98 Å². The van der Waals surface area contributed by atoms with E-state index in [4.69, 9.17) is 4.98 Å². The highest BCUT2D eigenvalue weighted by Gasteiger charge is 2.11. The zero-order chi connectivity index (χ0) is 17.4. The van der Waals surface area contributed by atoms with Gasteiger partial charge in [0, 0.05) is 10.9 Å². The molecule has 0 bridgehead atoms. The highest BCUT2D eigenvalue weighted by Crippen LogP contribution is 2.33. The second kappa shape index (κ2) is 6.14. The number of aromatic nitrogens is 1. The molecule has 0 fully saturated rings. The molecule has 0 aliphatic rings. The number of pyridine rings is 1. The lowest BCUT2D eigenvalue weighted by atomic mass is 9.96. The zero-order valence-electron chi connectivity index (χ0n) is 14.3. The van der Waals surface area contributed by atoms with E-state index in [0.29, 0.717) is 0 Å². The molecule has 4 rings (SSSR count). The lowest BCUT2D eigenvalue weighted by molar-refractivity contribution is 0.628. The Morgan fingerprint density at radius 1 is 0.760 bits per heavy atom. The van der Waals surface area contributed by atoms with Crippen LogP contribution in [0.2, 0.25) is 0 Å². The van der Waals surface area contributed by atoms with Gasteiger partial charge in [0.15, 0.2) is 0 Å². The molecule has 2 heteroatoms. The third-order valence-electron chi connectivity index (χ3n) is 4.54. The van der Waals surface area contributed by atoms with Gasteiger partial charge in [0.25, 0.3) is 0 Å². The van der Waals surface area contributed by atoms with Gasteiger partial charge < -0.3 is 0 Å². The van der Waals surface area contributed by atoms with Gasteiger partial charge in [-0.05, 0) is 60.9 Å². The Kier molecular flexibility index (Phi) is 3.81. The second-order valence-electron chi connectivity index (χ2n) is 6.40. The number of halogens is 1. The molecule has 1 aromatic heterocycles. The first-order valence-electron chi connectivity index (χ1n) is 8.35. The minimum atomic E-state index is -0.225. The van der Waals surface area contributed by atoms with Crippen molar-refractivity contribution in [2.75, 3.05) is 0 Å². The van der Waals surface area contributed by atoms with E-state index in [-0.39, 0.29) is 5.82 Å². The maximum absolute atomic E-state index is 13.3. The summed E-state index contributed by atoms with van der Waals surface area (Å²) in [6, 6.07) is 23.3. The fourth-order valence-corrected chi connectivity index (χ4v) is 3.19. The van der Waals surface area contributed by atoms with Gasteiger partial charge in [-0.3, -0.25) is 0 Å². The molecule has 1 nitrogen and oxygen atoms in total. The van der Waals surface area contributed by atoms with E-state index in [1.165, 1.54) is 23.3 Å². The van der Waals surface area contributed by atoms with Crippen molar-refractivity contribution in [2.45, 2.75) is 13.8 Å². The van der Waals surface area contributed by atoms with Gasteiger partial charge in [0.05, 0.1) is 11.2 Å². The highest BCUT2D eigenvalue weighted by molar-refractivity contribution is 5.96. The van der Waals surface area contributed by atoms with Crippen molar-refractivity contribution >= 4 is 10.9 Å². The van der Waals surface area contributed by atoms with Crippen LogP contribution in [0.5, 0.6) is 0 Å². The predicted octanol–water partition coefficient (Wildman–Crippen LogP) is 6.32. The average Bonchev–Trinajstić information content (AvgIpc) is 2.63. The number of nitrogens with zero attached hydrogens (tertiary/aromatic N) is 1. The van der Waals surface area contributed by atoms with Gasteiger partial charge in [0.1, 0.15) is 5.82 Å². The lowest BCUT2D eigenvalue weighted by Gasteiger charge is -2.12. The lowest BCUT2D eigenvalue weighted by Crippen LogP contribution is -1.92. The molecule has 0 aliphatic heterocycles. The van der Waals surface area contributed by atoms with Crippen LogP contribution in [0.4, 0.5) is 4.39 Å². The Bertz CT molecular complexity index is 1070. The van der Waals surface area contributed by atoms with Gasteiger partial charge >= 0.3 is 0 Å². The van der Waals surface area contributed by atoms with Gasteiger partial charge in [-0.25, -0.2) is 9.37 Å². The third-order valence-corrected chi connectivity index (χ3v) is 4.54. The number of hydrogen-bond donors (Lipinski definition) is 0. The fourth-order valence-electron chi connectivity index (χ4n) is 3.19. The molecule has 0 unspecified atom stereocenters. The SMILES string of the molecule is Cc1ccc(C)c(-c2cc(-c3ccc(F)cc3)c3ccccc3n2)c1. The molecular weight excluding hydrogens is 309 g/mol. The molecular formula is C23H18FN. The van der Waals surface area contributed by atoms with Crippen LogP contribution in [0.1, 0.15) is 11.1 Å². The van der Waals surface area contributed by atoms with Gasteiger partial charge in [0.2, 0.25) is 0 Å². The largest absolute Gasteiger partial charge is 0.248 e. The number of fused-ring (bicyclic) bond motifs is 1. The quantitative estimate of drug-likeness (QED) is 0.419. The summed E-state index contributed by atoms with van der Waals surface area (Å²) in [5, 5.41) is 1.07. The van der Waals surface area contributed by atoms with Gasteiger partial charge in [-0.2, -0.15) is 0 Å². The van der Waals surface area contributed by atoms with Crippen LogP contribution in [0.15, 0.2) is 72.8 Å². The minimum Gasteiger partial charge on any atom is -0.248 e. The molecule has 1 heterocycles. The summed E-state index contributed by atoms with van der Waals surface area (Å²) in [5.74, 6) is -0.225. The van der Waals surface area contributed by atoms with Crippen LogP contribution in [0, 0.1) is 19.7 Å². The average molecular weight is 327 g/mol. The molecule has 0 amide bonds. The van der Waals surface area contributed by atoms with E-state index in [1.54, 1.807) is 0 Å². The van der Waals surface area contributed by atoms with Crippen molar-refractivity contribution < 1.29 is 4.39 Å². The number of hydrogen-bond acceptors (Lipinski definition) is 1. The molecule has 0 saturated carbocycles. The number of aryl methyl sites for hydroxylation is 2. The standard InChI is InChI=1S/C23H18FN/c1-15-7-8-16(2)20(13-15)23-14-21(17-9-11-18(24)12-10-17)19-5-3-4-6-22(19)25-23/h3-14H,1-2H3. The number of para-hydroxylation sites is 1. The summed E-state index contributed by atoms with van der Waals surface area (Å²) in [5.41, 5.74) is 7.49. The smallest absolute Gasteiger partial charge is 0.123 e. The fraction of sp³-hybridized carbons (Fsp3) is 0.0870. The molecule has 0 saturated heterocycles. The normalized spacial score (nSPS) is 11.0. The van der Waals surface area contributed by atoms with Crippen LogP contribution in [0.25, 0.3) is 33.3 Å². The highest BCUT2D eigenvalue weighted by atomic mass is 19.1. The monoisotopic (exact) mass is 327 g/mol. The first-order valence-corrected chi connectivity index (χ1v) is 8.35. The van der Waals surface area contributed by atoms with Crippen LogP contribution < -0.4 is 0 Å². The van der Waals surface area contributed by atoms with E-state index in [2.05, 4.69) is 44.2 Å². The first kappa shape index (κ1) is 15.5. The molecule has 0 aliphatic carbocycles. The molecule has 0 radical (unpaired) electrons. The maximum atomic E-state index is 13.3. The Hall–Kier alpha value is -3.00. The number of benzene rings is 3. The third kappa shape index (κ3) is 2.91. The minimum absolute atomic E-state index is 0.225. The molecule has 0 spiro atoms. The molecule has 4 aromatic rings. The molecule has 0 N–H and O–H groups in total. The van der Waals surface area contributed by atoms with Crippen molar-refractivity contribution in [3.63, 3.8) is 0 Å². The van der Waals surface area contributed by atoms with E-state index < -0.39 is 0 Å². The molecule has 122 valence electrons. The molecule has 25 heavy (non-hydrogen) atoms. The van der Waals surface area contributed by atoms with Crippen molar-refractivity contribution in [2.24, 2.45) is 0 Å². The number of rotatable bonds is 2. The van der Waals surface area contributed by atoms with Crippen LogP contribution in [-0.2, 0) is 0 Å². The molecule has 3 aromatic carbocycles. The Morgan fingerprint density at radius 3 is 2.32 bits per heavy atom. The molecule has 0 atom stereocenters. The second-order valence-corrected chi connectivity index (χ2v) is 6.40.